The molecule has 0 saturated heterocycles. The van der Waals surface area contributed by atoms with E-state index in [0.29, 0.717) is 0 Å². The predicted octanol–water partition coefficient (Wildman–Crippen LogP) is 1.02. The molecule has 0 fully saturated rings. The average Bonchev–Trinajstić information content (AvgIpc) is 2.36. The summed E-state index contributed by atoms with van der Waals surface area (Å²) in [7, 11) is 0. The van der Waals surface area contributed by atoms with E-state index in [9.17, 15) is 19.7 Å². The number of hydrogen-bond donors (Lipinski definition) is 2. The van der Waals surface area contributed by atoms with Gasteiger partial charge in [-0.2, -0.15) is 0 Å². The fourth-order valence-electron chi connectivity index (χ4n) is 1.29. The minimum absolute atomic E-state index is 0.0601. The fraction of sp³-hybridized carbons (Fsp3) is 0.273. The van der Waals surface area contributed by atoms with E-state index in [1.54, 1.807) is 6.92 Å². The first-order valence-corrected chi connectivity index (χ1v) is 5.36. The van der Waals surface area contributed by atoms with Crippen LogP contribution in [0.5, 0.6) is 0 Å². The number of non-ortho nitro benzene ring substituents is 1. The van der Waals surface area contributed by atoms with Gasteiger partial charge in [0.1, 0.15) is 0 Å². The summed E-state index contributed by atoms with van der Waals surface area (Å²) in [5.41, 5.74) is 0.139. The standard InChI is InChI=1S/C11H12N2O6/c1-2-19-11(16)9(10(14)15)12-7-3-5-8(6-4-7)13(17)18/h3-6,9,12H,2H2,1H3,(H,14,15). The highest BCUT2D eigenvalue weighted by molar-refractivity contribution is 6.01. The van der Waals surface area contributed by atoms with E-state index in [4.69, 9.17) is 5.11 Å². The molecule has 19 heavy (non-hydrogen) atoms. The number of carboxylic acids is 1. The predicted molar refractivity (Wildman–Crippen MR) is 64.8 cm³/mol. The monoisotopic (exact) mass is 268 g/mol. The van der Waals surface area contributed by atoms with Crippen LogP contribution >= 0.6 is 0 Å². The molecule has 1 atom stereocenters. The quantitative estimate of drug-likeness (QED) is 0.342. The molecule has 0 saturated carbocycles. The normalized spacial score (nSPS) is 11.4. The van der Waals surface area contributed by atoms with Gasteiger partial charge in [0.15, 0.2) is 0 Å². The lowest BCUT2D eigenvalue weighted by molar-refractivity contribution is -0.384. The fourth-order valence-corrected chi connectivity index (χ4v) is 1.29. The maximum absolute atomic E-state index is 11.4. The second-order valence-corrected chi connectivity index (χ2v) is 3.47. The Morgan fingerprint density at radius 1 is 1.42 bits per heavy atom. The highest BCUT2D eigenvalue weighted by Crippen LogP contribution is 2.16. The molecule has 0 aliphatic carbocycles. The molecule has 0 aliphatic heterocycles. The Labute approximate surface area is 108 Å². The number of carbonyl (C=O) groups is 2. The minimum atomic E-state index is -1.55. The molecular formula is C11H12N2O6. The molecule has 1 unspecified atom stereocenters. The molecule has 8 heteroatoms. The number of hydrogen-bond acceptors (Lipinski definition) is 6. The van der Waals surface area contributed by atoms with Crippen molar-refractivity contribution in [3.8, 4) is 0 Å². The zero-order chi connectivity index (χ0) is 14.4. The second-order valence-electron chi connectivity index (χ2n) is 3.47. The molecule has 1 aromatic carbocycles. The number of anilines is 1. The van der Waals surface area contributed by atoms with Crippen LogP contribution in [0.4, 0.5) is 11.4 Å². The number of benzene rings is 1. The lowest BCUT2D eigenvalue weighted by atomic mass is 10.2. The van der Waals surface area contributed by atoms with Crippen molar-refractivity contribution >= 4 is 23.3 Å². The van der Waals surface area contributed by atoms with E-state index in [2.05, 4.69) is 10.1 Å². The first-order chi connectivity index (χ1) is 8.95. The number of nitro benzene ring substituents is 1. The van der Waals surface area contributed by atoms with Crippen LogP contribution in [0.1, 0.15) is 6.92 Å². The Kier molecular flexibility index (Phi) is 4.81. The molecule has 0 heterocycles. The van der Waals surface area contributed by atoms with Gasteiger partial charge in [0.05, 0.1) is 11.5 Å². The van der Waals surface area contributed by atoms with Crippen LogP contribution in [-0.2, 0) is 14.3 Å². The molecule has 0 spiro atoms. The Balaban J connectivity index is 2.82. The van der Waals surface area contributed by atoms with E-state index in [1.807, 2.05) is 0 Å². The van der Waals surface area contributed by atoms with Crippen LogP contribution in [0.2, 0.25) is 0 Å². The summed E-state index contributed by atoms with van der Waals surface area (Å²) in [6.07, 6.45) is 0. The second kappa shape index (κ2) is 6.34. The third-order valence-corrected chi connectivity index (χ3v) is 2.16. The summed E-state index contributed by atoms with van der Waals surface area (Å²) in [6.45, 7) is 1.62. The third kappa shape index (κ3) is 3.95. The maximum Gasteiger partial charge on any atom is 0.340 e. The Morgan fingerprint density at radius 2 is 2.00 bits per heavy atom. The maximum atomic E-state index is 11.4. The van der Waals surface area contributed by atoms with Crippen molar-refractivity contribution < 1.29 is 24.4 Å². The lowest BCUT2D eigenvalue weighted by Crippen LogP contribution is -2.38. The van der Waals surface area contributed by atoms with E-state index in [-0.39, 0.29) is 18.0 Å². The van der Waals surface area contributed by atoms with Gasteiger partial charge < -0.3 is 15.2 Å². The van der Waals surface area contributed by atoms with Gasteiger partial charge in [-0.15, -0.1) is 0 Å². The molecule has 1 aromatic rings. The van der Waals surface area contributed by atoms with Crippen molar-refractivity contribution in [2.75, 3.05) is 11.9 Å². The lowest BCUT2D eigenvalue weighted by Gasteiger charge is -2.14. The molecule has 0 amide bonds. The van der Waals surface area contributed by atoms with Gasteiger partial charge in [-0.1, -0.05) is 0 Å². The number of ether oxygens (including phenoxy) is 1. The molecular weight excluding hydrogens is 256 g/mol. The van der Waals surface area contributed by atoms with Crippen molar-refractivity contribution in [2.24, 2.45) is 0 Å². The zero-order valence-electron chi connectivity index (χ0n) is 10.0. The van der Waals surface area contributed by atoms with Gasteiger partial charge in [-0.25, -0.2) is 9.59 Å². The van der Waals surface area contributed by atoms with E-state index in [0.717, 1.165) is 0 Å². The number of carboxylic acid groups (broad SMARTS) is 1. The van der Waals surface area contributed by atoms with Crippen molar-refractivity contribution in [2.45, 2.75) is 13.0 Å². The number of esters is 1. The van der Waals surface area contributed by atoms with Gasteiger partial charge in [0.25, 0.3) is 5.69 Å². The van der Waals surface area contributed by atoms with Crippen molar-refractivity contribution in [1.82, 2.24) is 0 Å². The van der Waals surface area contributed by atoms with Crippen molar-refractivity contribution in [1.29, 1.82) is 0 Å². The summed E-state index contributed by atoms with van der Waals surface area (Å²) in [5, 5.41) is 21.8. The van der Waals surface area contributed by atoms with Crippen molar-refractivity contribution in [3.63, 3.8) is 0 Å². The van der Waals surface area contributed by atoms with Crippen LogP contribution in [-0.4, -0.2) is 34.6 Å². The topological polar surface area (TPSA) is 119 Å². The third-order valence-electron chi connectivity index (χ3n) is 2.16. The molecule has 8 nitrogen and oxygen atoms in total. The largest absolute Gasteiger partial charge is 0.479 e. The molecule has 0 aliphatic rings. The van der Waals surface area contributed by atoms with Crippen LogP contribution < -0.4 is 5.32 Å². The number of rotatable bonds is 6. The minimum Gasteiger partial charge on any atom is -0.479 e. The highest BCUT2D eigenvalue weighted by Gasteiger charge is 2.27. The first kappa shape index (κ1) is 14.4. The van der Waals surface area contributed by atoms with Gasteiger partial charge in [0.2, 0.25) is 6.04 Å². The van der Waals surface area contributed by atoms with Crippen molar-refractivity contribution in [3.05, 3.63) is 34.4 Å². The highest BCUT2D eigenvalue weighted by atomic mass is 16.6. The number of nitrogens with one attached hydrogen (secondary N) is 1. The van der Waals surface area contributed by atoms with Crippen LogP contribution in [0.3, 0.4) is 0 Å². The molecule has 0 radical (unpaired) electrons. The number of nitrogens with zero attached hydrogens (tertiary/aromatic N) is 1. The van der Waals surface area contributed by atoms with E-state index < -0.39 is 22.9 Å². The average molecular weight is 268 g/mol. The number of nitro groups is 1. The van der Waals surface area contributed by atoms with E-state index in [1.165, 1.54) is 24.3 Å². The molecule has 1 rings (SSSR count). The van der Waals surface area contributed by atoms with Crippen LogP contribution in [0, 0.1) is 10.1 Å². The van der Waals surface area contributed by atoms with Crippen LogP contribution in [0.15, 0.2) is 24.3 Å². The van der Waals surface area contributed by atoms with Gasteiger partial charge in [-0.05, 0) is 19.1 Å². The van der Waals surface area contributed by atoms with Gasteiger partial charge in [0, 0.05) is 17.8 Å². The Morgan fingerprint density at radius 3 is 2.42 bits per heavy atom. The summed E-state index contributed by atoms with van der Waals surface area (Å²) in [4.78, 5) is 32.2. The summed E-state index contributed by atoms with van der Waals surface area (Å²) < 4.78 is 4.61. The summed E-state index contributed by atoms with van der Waals surface area (Å²) in [5.74, 6) is -2.31. The summed E-state index contributed by atoms with van der Waals surface area (Å²) >= 11 is 0. The smallest absolute Gasteiger partial charge is 0.340 e. The van der Waals surface area contributed by atoms with Gasteiger partial charge >= 0.3 is 11.9 Å². The SMILES string of the molecule is CCOC(=O)C(Nc1ccc([N+](=O)[O-])cc1)C(=O)O. The molecule has 0 bridgehead atoms. The molecule has 102 valence electrons. The number of carbonyl (C=O) groups excluding carboxylic acids is 1. The zero-order valence-corrected chi connectivity index (χ0v) is 10.0. The molecule has 0 aromatic heterocycles. The first-order valence-electron chi connectivity index (χ1n) is 5.36. The van der Waals surface area contributed by atoms with Gasteiger partial charge in [-0.3, -0.25) is 10.1 Å². The number of aliphatic carboxylic acids is 1. The summed E-state index contributed by atoms with van der Waals surface area (Å²) in [6, 6.07) is 3.47. The van der Waals surface area contributed by atoms with Crippen LogP contribution in [0.25, 0.3) is 0 Å². The molecule has 2 N–H and O–H groups in total. The Hall–Kier alpha value is -2.64. The van der Waals surface area contributed by atoms with E-state index >= 15 is 0 Å². The Bertz CT molecular complexity index is 484.